The summed E-state index contributed by atoms with van der Waals surface area (Å²) in [4.78, 5) is 0. The molecule has 0 atom stereocenters. The highest BCUT2D eigenvalue weighted by Crippen LogP contribution is 2.40. The molecule has 5 rings (SSSR count). The Balaban J connectivity index is 1.33. The summed E-state index contributed by atoms with van der Waals surface area (Å²) in [6, 6.07) is 2.73. The Labute approximate surface area is 223 Å². The Kier molecular flexibility index (Phi) is 8.54. The second-order valence-corrected chi connectivity index (χ2v) is 11.8. The zero-order chi connectivity index (χ0) is 26.8. The van der Waals surface area contributed by atoms with Crippen LogP contribution < -0.4 is 4.74 Å². The van der Waals surface area contributed by atoms with Crippen LogP contribution in [0.3, 0.4) is 0 Å². The minimum absolute atomic E-state index is 0.0334. The molecule has 1 aromatic heterocycles. The lowest BCUT2D eigenvalue weighted by Crippen LogP contribution is -2.20. The lowest BCUT2D eigenvalue weighted by molar-refractivity contribution is 0.173. The summed E-state index contributed by atoms with van der Waals surface area (Å²) in [5.74, 6) is -2.56. The number of benzene rings is 2. The van der Waals surface area contributed by atoms with Gasteiger partial charge in [0.05, 0.1) is 17.4 Å². The topological polar surface area (TPSA) is 22.4 Å². The fraction of sp³-hybridized carbons (Fsp3) is 0.625. The van der Waals surface area contributed by atoms with E-state index in [9.17, 15) is 4.39 Å². The van der Waals surface area contributed by atoms with Gasteiger partial charge < -0.3 is 9.15 Å². The van der Waals surface area contributed by atoms with Crippen LogP contribution in [0.15, 0.2) is 16.5 Å². The Morgan fingerprint density at radius 1 is 0.684 bits per heavy atom. The van der Waals surface area contributed by atoms with Gasteiger partial charge in [-0.15, -0.1) is 0 Å². The Bertz CT molecular complexity index is 1250. The molecule has 0 aliphatic heterocycles. The van der Waals surface area contributed by atoms with Gasteiger partial charge in [-0.2, -0.15) is 4.39 Å². The molecule has 38 heavy (non-hydrogen) atoms. The highest BCUT2D eigenvalue weighted by atomic mass is 19.2. The maximum atomic E-state index is 15.2. The van der Waals surface area contributed by atoms with Crippen molar-refractivity contribution in [3.63, 3.8) is 0 Å². The van der Waals surface area contributed by atoms with Crippen LogP contribution in [0, 0.1) is 46.9 Å². The van der Waals surface area contributed by atoms with Crippen molar-refractivity contribution in [2.45, 2.75) is 97.3 Å². The molecule has 0 amide bonds. The highest BCUT2D eigenvalue weighted by molar-refractivity contribution is 6.06. The number of furan rings is 1. The molecule has 1 heterocycles. The maximum Gasteiger partial charge on any atom is 0.201 e. The summed E-state index contributed by atoms with van der Waals surface area (Å²) >= 11 is 0. The number of hydrogen-bond donors (Lipinski definition) is 0. The van der Waals surface area contributed by atoms with E-state index in [1.165, 1.54) is 44.2 Å². The molecule has 208 valence electrons. The highest BCUT2D eigenvalue weighted by Gasteiger charge is 2.27. The van der Waals surface area contributed by atoms with Gasteiger partial charge in [-0.1, -0.05) is 71.6 Å². The Hall–Kier alpha value is -2.24. The normalized spacial score (nSPS) is 24.4. The molecule has 6 heteroatoms. The third-order valence-corrected chi connectivity index (χ3v) is 9.36. The van der Waals surface area contributed by atoms with Crippen LogP contribution >= 0.6 is 0 Å². The lowest BCUT2D eigenvalue weighted by atomic mass is 9.78. The van der Waals surface area contributed by atoms with E-state index in [2.05, 4.69) is 13.8 Å². The molecule has 2 nitrogen and oxygen atoms in total. The standard InChI is InChI=1S/C32H40F4O2/c1-3-5-20-10-12-22(13-11-20)18-37-26-17-25-28(32(36)30(26)34)27-24(38-25)16-23(29(33)31(27)35)15-14-21-8-6-19(4-2)7-9-21/h16-17,19-22H,3-15,18H2,1-2H3. The molecule has 0 unspecified atom stereocenters. The van der Waals surface area contributed by atoms with Gasteiger partial charge in [-0.05, 0) is 61.0 Å². The van der Waals surface area contributed by atoms with Crippen LogP contribution in [0.2, 0.25) is 0 Å². The summed E-state index contributed by atoms with van der Waals surface area (Å²) in [7, 11) is 0. The predicted molar refractivity (Wildman–Crippen MR) is 143 cm³/mol. The maximum absolute atomic E-state index is 15.2. The van der Waals surface area contributed by atoms with Gasteiger partial charge in [-0.25, -0.2) is 13.2 Å². The van der Waals surface area contributed by atoms with E-state index in [1.54, 1.807) is 0 Å². The van der Waals surface area contributed by atoms with Gasteiger partial charge in [0.1, 0.15) is 11.2 Å². The summed E-state index contributed by atoms with van der Waals surface area (Å²) in [5.41, 5.74) is 0.227. The molecule has 0 saturated heterocycles. The van der Waals surface area contributed by atoms with Crippen molar-refractivity contribution in [3.05, 3.63) is 41.0 Å². The van der Waals surface area contributed by atoms with Gasteiger partial charge in [-0.3, -0.25) is 0 Å². The van der Waals surface area contributed by atoms with Crippen LogP contribution in [0.5, 0.6) is 5.75 Å². The van der Waals surface area contributed by atoms with Crippen LogP contribution in [-0.2, 0) is 6.42 Å². The minimum Gasteiger partial charge on any atom is -0.490 e. The van der Waals surface area contributed by atoms with E-state index in [0.29, 0.717) is 24.9 Å². The SMILES string of the molecule is CCCC1CCC(COc2cc3oc4cc(CCC5CCC(CC)CC5)c(F)c(F)c4c3c(F)c2F)CC1. The number of ether oxygens (including phenoxy) is 1. The molecule has 0 bridgehead atoms. The Morgan fingerprint density at radius 2 is 1.24 bits per heavy atom. The molecule has 2 aliphatic carbocycles. The first-order valence-corrected chi connectivity index (χ1v) is 14.7. The van der Waals surface area contributed by atoms with Crippen molar-refractivity contribution in [3.8, 4) is 5.75 Å². The molecule has 0 radical (unpaired) electrons. The van der Waals surface area contributed by atoms with Crippen molar-refractivity contribution in [1.82, 2.24) is 0 Å². The largest absolute Gasteiger partial charge is 0.490 e. The third kappa shape index (κ3) is 5.56. The van der Waals surface area contributed by atoms with Gasteiger partial charge in [0.25, 0.3) is 0 Å². The number of aryl methyl sites for hydroxylation is 1. The molecule has 0 spiro atoms. The van der Waals surface area contributed by atoms with Crippen molar-refractivity contribution in [2.24, 2.45) is 23.7 Å². The Morgan fingerprint density at radius 3 is 1.87 bits per heavy atom. The lowest BCUT2D eigenvalue weighted by Gasteiger charge is -2.28. The number of rotatable bonds is 9. The fourth-order valence-electron chi connectivity index (χ4n) is 6.86. The smallest absolute Gasteiger partial charge is 0.201 e. The molecule has 3 aromatic rings. The number of hydrogen-bond acceptors (Lipinski definition) is 2. The molecule has 0 N–H and O–H groups in total. The zero-order valence-electron chi connectivity index (χ0n) is 22.7. The quantitative estimate of drug-likeness (QED) is 0.256. The second kappa shape index (κ2) is 11.9. The average Bonchev–Trinajstić information content (AvgIpc) is 3.30. The molecular weight excluding hydrogens is 492 g/mol. The van der Waals surface area contributed by atoms with E-state index in [4.69, 9.17) is 9.15 Å². The van der Waals surface area contributed by atoms with Crippen LogP contribution in [0.25, 0.3) is 21.9 Å². The summed E-state index contributed by atoms with van der Waals surface area (Å²) in [5, 5.41) is -0.715. The predicted octanol–water partition coefficient (Wildman–Crippen LogP) is 10.3. The second-order valence-electron chi connectivity index (χ2n) is 11.8. The molecule has 2 aliphatic rings. The number of fused-ring (bicyclic) bond motifs is 3. The first-order chi connectivity index (χ1) is 18.4. The first-order valence-electron chi connectivity index (χ1n) is 14.7. The summed E-state index contributed by atoms with van der Waals surface area (Å²) < 4.78 is 71.9. The van der Waals surface area contributed by atoms with Gasteiger partial charge in [0.2, 0.25) is 5.82 Å². The minimum atomic E-state index is -1.26. The third-order valence-electron chi connectivity index (χ3n) is 9.36. The van der Waals surface area contributed by atoms with E-state index in [-0.39, 0.29) is 33.3 Å². The molecule has 2 fully saturated rings. The van der Waals surface area contributed by atoms with Crippen LogP contribution in [0.1, 0.15) is 96.5 Å². The van der Waals surface area contributed by atoms with Crippen molar-refractivity contribution in [1.29, 1.82) is 0 Å². The fourth-order valence-corrected chi connectivity index (χ4v) is 6.86. The first kappa shape index (κ1) is 27.3. The van der Waals surface area contributed by atoms with Crippen molar-refractivity contribution < 1.29 is 26.7 Å². The van der Waals surface area contributed by atoms with E-state index in [0.717, 1.165) is 56.8 Å². The summed E-state index contributed by atoms with van der Waals surface area (Å²) in [6.07, 6.45) is 13.7. The molecule has 2 saturated carbocycles. The van der Waals surface area contributed by atoms with Crippen molar-refractivity contribution in [2.75, 3.05) is 6.61 Å². The van der Waals surface area contributed by atoms with Crippen LogP contribution in [-0.4, -0.2) is 6.61 Å². The van der Waals surface area contributed by atoms with Crippen LogP contribution in [0.4, 0.5) is 17.6 Å². The number of halogens is 4. The average molecular weight is 533 g/mol. The van der Waals surface area contributed by atoms with Gasteiger partial charge in [0.15, 0.2) is 23.2 Å². The van der Waals surface area contributed by atoms with E-state index in [1.807, 2.05) is 0 Å². The summed E-state index contributed by atoms with van der Waals surface area (Å²) in [6.45, 7) is 4.71. The van der Waals surface area contributed by atoms with Gasteiger partial charge >= 0.3 is 0 Å². The monoisotopic (exact) mass is 532 g/mol. The van der Waals surface area contributed by atoms with Crippen molar-refractivity contribution >= 4 is 21.9 Å². The zero-order valence-corrected chi connectivity index (χ0v) is 22.7. The van der Waals surface area contributed by atoms with Gasteiger partial charge in [0, 0.05) is 6.07 Å². The molecule has 2 aromatic carbocycles. The van der Waals surface area contributed by atoms with E-state index < -0.39 is 23.3 Å². The molecular formula is C32H40F4O2. The van der Waals surface area contributed by atoms with E-state index >= 15 is 13.2 Å².